The number of hydrogen-bond donors (Lipinski definition) is 0. The molecule has 0 N–H and O–H groups in total. The molecular weight excluding hydrogens is 194 g/mol. The first-order chi connectivity index (χ1) is 7.04. The van der Waals surface area contributed by atoms with Crippen LogP contribution in [0.1, 0.15) is 26.7 Å². The summed E-state index contributed by atoms with van der Waals surface area (Å²) in [5, 5.41) is 0. The van der Waals surface area contributed by atoms with Crippen molar-refractivity contribution in [2.75, 3.05) is 20.2 Å². The number of esters is 1. The average Bonchev–Trinajstić information content (AvgIpc) is 2.21. The van der Waals surface area contributed by atoms with Crippen molar-refractivity contribution in [3.63, 3.8) is 0 Å². The summed E-state index contributed by atoms with van der Waals surface area (Å²) in [6.07, 6.45) is 1.00. The van der Waals surface area contributed by atoms with Crippen molar-refractivity contribution >= 4 is 11.8 Å². The maximum Gasteiger partial charge on any atom is 0.307 e. The van der Waals surface area contributed by atoms with Crippen molar-refractivity contribution < 1.29 is 14.3 Å². The van der Waals surface area contributed by atoms with Crippen molar-refractivity contribution in [2.45, 2.75) is 32.7 Å². The third-order valence-electron chi connectivity index (χ3n) is 3.02. The van der Waals surface area contributed by atoms with Gasteiger partial charge in [0.15, 0.2) is 0 Å². The Labute approximate surface area is 90.6 Å². The van der Waals surface area contributed by atoms with Gasteiger partial charge in [0.05, 0.1) is 13.5 Å². The molecule has 2 unspecified atom stereocenters. The van der Waals surface area contributed by atoms with Gasteiger partial charge >= 0.3 is 5.97 Å². The fraction of sp³-hybridized carbons (Fsp3) is 0.818. The highest BCUT2D eigenvalue weighted by Crippen LogP contribution is 2.16. The zero-order chi connectivity index (χ0) is 11.4. The summed E-state index contributed by atoms with van der Waals surface area (Å²) in [5.74, 6) is 0.238. The van der Waals surface area contributed by atoms with E-state index in [1.54, 1.807) is 0 Å². The zero-order valence-corrected chi connectivity index (χ0v) is 9.66. The van der Waals surface area contributed by atoms with Crippen molar-refractivity contribution in [1.29, 1.82) is 0 Å². The molecule has 15 heavy (non-hydrogen) atoms. The summed E-state index contributed by atoms with van der Waals surface area (Å²) in [5.41, 5.74) is 0. The molecule has 2 atom stereocenters. The first kappa shape index (κ1) is 12.2. The lowest BCUT2D eigenvalue weighted by molar-refractivity contribution is -0.142. The molecule has 0 aromatic rings. The second-order valence-corrected chi connectivity index (χ2v) is 4.24. The molecule has 0 aliphatic carbocycles. The number of hydrogen-bond acceptors (Lipinski definition) is 4. The van der Waals surface area contributed by atoms with Gasteiger partial charge in [-0.3, -0.25) is 14.5 Å². The molecule has 1 aliphatic heterocycles. The molecule has 0 bridgehead atoms. The predicted molar refractivity (Wildman–Crippen MR) is 56.5 cm³/mol. The van der Waals surface area contributed by atoms with Gasteiger partial charge in [-0.25, -0.2) is 0 Å². The molecule has 0 saturated carbocycles. The van der Waals surface area contributed by atoms with Gasteiger partial charge in [-0.05, 0) is 6.92 Å². The number of Topliss-reactive ketones (excluding diaryl/α,β-unsaturated/α-hetero) is 1. The van der Waals surface area contributed by atoms with E-state index in [2.05, 4.69) is 9.64 Å². The largest absolute Gasteiger partial charge is 0.469 e. The smallest absolute Gasteiger partial charge is 0.307 e. The third-order valence-corrected chi connectivity index (χ3v) is 3.02. The molecule has 4 heteroatoms. The second kappa shape index (κ2) is 5.26. The highest BCUT2D eigenvalue weighted by atomic mass is 16.5. The van der Waals surface area contributed by atoms with Crippen molar-refractivity contribution in [1.82, 2.24) is 4.90 Å². The van der Waals surface area contributed by atoms with Crippen LogP contribution in [0.25, 0.3) is 0 Å². The number of ketones is 1. The van der Waals surface area contributed by atoms with E-state index < -0.39 is 0 Å². The molecule has 1 fully saturated rings. The summed E-state index contributed by atoms with van der Waals surface area (Å²) in [6.45, 7) is 5.47. The predicted octanol–water partition coefficient (Wildman–Crippen LogP) is 0.849. The van der Waals surface area contributed by atoms with Gasteiger partial charge < -0.3 is 4.74 Å². The summed E-state index contributed by atoms with van der Waals surface area (Å²) < 4.78 is 4.63. The van der Waals surface area contributed by atoms with E-state index in [9.17, 15) is 9.59 Å². The topological polar surface area (TPSA) is 46.6 Å². The van der Waals surface area contributed by atoms with Crippen LogP contribution < -0.4 is 0 Å². The number of likely N-dealkylation sites (tertiary alicyclic amines) is 1. The Morgan fingerprint density at radius 3 is 2.87 bits per heavy atom. The van der Waals surface area contributed by atoms with Crippen LogP contribution in [0.5, 0.6) is 0 Å². The van der Waals surface area contributed by atoms with Crippen molar-refractivity contribution in [2.24, 2.45) is 5.92 Å². The molecule has 86 valence electrons. The molecule has 4 nitrogen and oxygen atoms in total. The summed E-state index contributed by atoms with van der Waals surface area (Å²) in [4.78, 5) is 24.6. The highest BCUT2D eigenvalue weighted by Gasteiger charge is 2.27. The monoisotopic (exact) mass is 213 g/mol. The molecule has 0 amide bonds. The fourth-order valence-corrected chi connectivity index (χ4v) is 1.90. The molecule has 1 aliphatic rings. The first-order valence-electron chi connectivity index (χ1n) is 5.38. The third kappa shape index (κ3) is 3.30. The molecule has 0 spiro atoms. The van der Waals surface area contributed by atoms with Gasteiger partial charge in [0.2, 0.25) is 0 Å². The number of carbonyl (C=O) groups is 2. The van der Waals surface area contributed by atoms with E-state index in [0.717, 1.165) is 13.1 Å². The van der Waals surface area contributed by atoms with Gasteiger partial charge in [0.1, 0.15) is 5.78 Å². The lowest BCUT2D eigenvalue weighted by atomic mass is 9.97. The van der Waals surface area contributed by atoms with Crippen LogP contribution in [0.15, 0.2) is 0 Å². The van der Waals surface area contributed by atoms with E-state index >= 15 is 0 Å². The minimum absolute atomic E-state index is 0.0962. The van der Waals surface area contributed by atoms with E-state index in [0.29, 0.717) is 18.6 Å². The highest BCUT2D eigenvalue weighted by molar-refractivity contribution is 5.81. The molecule has 0 aromatic carbocycles. The van der Waals surface area contributed by atoms with E-state index in [1.165, 1.54) is 7.11 Å². The zero-order valence-electron chi connectivity index (χ0n) is 9.66. The maximum atomic E-state index is 11.3. The van der Waals surface area contributed by atoms with Gasteiger partial charge in [0, 0.05) is 31.5 Å². The lowest BCUT2D eigenvalue weighted by Crippen LogP contribution is -2.45. The Balaban J connectivity index is 2.43. The number of nitrogens with zero attached hydrogens (tertiary/aromatic N) is 1. The minimum atomic E-state index is -0.188. The van der Waals surface area contributed by atoms with Crippen LogP contribution in [-0.2, 0) is 14.3 Å². The van der Waals surface area contributed by atoms with Gasteiger partial charge in [-0.1, -0.05) is 6.92 Å². The molecule has 1 saturated heterocycles. The van der Waals surface area contributed by atoms with Crippen LogP contribution in [0.4, 0.5) is 0 Å². The minimum Gasteiger partial charge on any atom is -0.469 e. The molecule has 1 rings (SSSR count). The van der Waals surface area contributed by atoms with Crippen LogP contribution in [0.2, 0.25) is 0 Å². The Morgan fingerprint density at radius 2 is 2.33 bits per heavy atom. The second-order valence-electron chi connectivity index (χ2n) is 4.24. The Morgan fingerprint density at radius 1 is 1.67 bits per heavy atom. The standard InChI is InChI=1S/C11H19NO3/c1-8-7-12(5-4-10(8)13)9(2)6-11(14)15-3/h8-9H,4-7H2,1-3H3. The molecule has 1 heterocycles. The van der Waals surface area contributed by atoms with E-state index in [1.807, 2.05) is 13.8 Å². The number of rotatable bonds is 3. The SMILES string of the molecule is COC(=O)CC(C)N1CCC(=O)C(C)C1. The average molecular weight is 213 g/mol. The van der Waals surface area contributed by atoms with Gasteiger partial charge in [-0.15, -0.1) is 0 Å². The summed E-state index contributed by atoms with van der Waals surface area (Å²) >= 11 is 0. The number of carbonyl (C=O) groups excluding carboxylic acids is 2. The van der Waals surface area contributed by atoms with Crippen molar-refractivity contribution in [3.8, 4) is 0 Å². The van der Waals surface area contributed by atoms with Crippen LogP contribution in [0, 0.1) is 5.92 Å². The maximum absolute atomic E-state index is 11.3. The van der Waals surface area contributed by atoms with Crippen molar-refractivity contribution in [3.05, 3.63) is 0 Å². The van der Waals surface area contributed by atoms with Gasteiger partial charge in [0.25, 0.3) is 0 Å². The summed E-state index contributed by atoms with van der Waals surface area (Å²) in [6, 6.07) is 0.160. The summed E-state index contributed by atoms with van der Waals surface area (Å²) in [7, 11) is 1.40. The first-order valence-corrected chi connectivity index (χ1v) is 5.38. The van der Waals surface area contributed by atoms with Crippen LogP contribution in [0.3, 0.4) is 0 Å². The number of piperidine rings is 1. The van der Waals surface area contributed by atoms with E-state index in [4.69, 9.17) is 0 Å². The van der Waals surface area contributed by atoms with Gasteiger partial charge in [-0.2, -0.15) is 0 Å². The normalized spacial score (nSPS) is 25.0. The van der Waals surface area contributed by atoms with Crippen LogP contribution >= 0.6 is 0 Å². The fourth-order valence-electron chi connectivity index (χ4n) is 1.90. The van der Waals surface area contributed by atoms with E-state index in [-0.39, 0.29) is 17.9 Å². The molecular formula is C11H19NO3. The Kier molecular flexibility index (Phi) is 4.27. The Hall–Kier alpha value is -0.900. The number of methoxy groups -OCH3 is 1. The Bertz CT molecular complexity index is 252. The number of ether oxygens (including phenoxy) is 1. The van der Waals surface area contributed by atoms with Crippen LogP contribution in [-0.4, -0.2) is 42.9 Å². The molecule has 0 aromatic heterocycles. The lowest BCUT2D eigenvalue weighted by Gasteiger charge is -2.34. The quantitative estimate of drug-likeness (QED) is 0.652. The molecule has 0 radical (unpaired) electrons.